The Bertz CT molecular complexity index is 1510. The smallest absolute Gasteiger partial charge is 0.306 e. The van der Waals surface area contributed by atoms with Crippen molar-refractivity contribution in [2.75, 3.05) is 40.9 Å². The molecule has 9 nitrogen and oxygen atoms in total. The second-order valence-electron chi connectivity index (χ2n) is 26.1. The van der Waals surface area contributed by atoms with Gasteiger partial charge in [0.05, 0.1) is 33.8 Å². The molecule has 0 fully saturated rings. The zero-order valence-electron chi connectivity index (χ0n) is 56.2. The summed E-state index contributed by atoms with van der Waals surface area (Å²) in [4.78, 5) is 40.2. The van der Waals surface area contributed by atoms with Gasteiger partial charge in [0.1, 0.15) is 19.3 Å². The Kier molecular flexibility index (Phi) is 61.9. The number of carbonyl (C=O) groups excluding carboxylic acids is 2. The van der Waals surface area contributed by atoms with Crippen LogP contribution >= 0.6 is 7.82 Å². The van der Waals surface area contributed by atoms with Crippen LogP contribution in [-0.4, -0.2) is 69.4 Å². The molecule has 0 radical (unpaired) electrons. The highest BCUT2D eigenvalue weighted by atomic mass is 31.2. The third kappa shape index (κ3) is 64.5. The average molecular weight is 1190 g/mol. The Balaban J connectivity index is 4.94. The minimum atomic E-state index is -4.70. The van der Waals surface area contributed by atoms with Gasteiger partial charge in [-0.1, -0.05) is 308 Å². The van der Waals surface area contributed by atoms with E-state index in [4.69, 9.17) is 13.8 Å². The lowest BCUT2D eigenvalue weighted by Crippen LogP contribution is -2.47. The molecule has 0 heterocycles. The lowest BCUT2D eigenvalue weighted by atomic mass is 10.0. The highest BCUT2D eigenvalue weighted by molar-refractivity contribution is 7.45. The topological polar surface area (TPSA) is 114 Å². The van der Waals surface area contributed by atoms with E-state index in [1.807, 2.05) is 33.3 Å². The fourth-order valence-corrected chi connectivity index (χ4v) is 11.7. The molecule has 3 unspecified atom stereocenters. The molecule has 0 bridgehead atoms. The first-order valence-corrected chi connectivity index (χ1v) is 37.8. The van der Waals surface area contributed by atoms with Crippen LogP contribution in [0.15, 0.2) is 36.5 Å². The maximum Gasteiger partial charge on any atom is 0.306 e. The van der Waals surface area contributed by atoms with Gasteiger partial charge in [0.15, 0.2) is 0 Å². The summed E-state index contributed by atoms with van der Waals surface area (Å²) in [7, 11) is 1.20. The van der Waals surface area contributed by atoms with Crippen LogP contribution in [0.2, 0.25) is 0 Å². The van der Waals surface area contributed by atoms with E-state index in [-0.39, 0.29) is 31.5 Å². The zero-order chi connectivity index (χ0) is 60.7. The van der Waals surface area contributed by atoms with E-state index >= 15 is 0 Å². The quantitative estimate of drug-likeness (QED) is 0.0212. The number of carbonyl (C=O) groups is 2. The van der Waals surface area contributed by atoms with Crippen LogP contribution < -0.4 is 10.2 Å². The maximum atomic E-state index is 13.6. The highest BCUT2D eigenvalue weighted by Gasteiger charge is 2.27. The lowest BCUT2D eigenvalue weighted by molar-refractivity contribution is -0.870. The number of nitrogens with zero attached hydrogens (tertiary/aromatic N) is 1. The third-order valence-electron chi connectivity index (χ3n) is 16.5. The minimum Gasteiger partial charge on any atom is -0.756 e. The summed E-state index contributed by atoms with van der Waals surface area (Å²) < 4.78 is 30.4. The first kappa shape index (κ1) is 81.2. The number of nitrogens with one attached hydrogen (secondary N) is 1. The number of phosphoric ester groups is 1. The van der Waals surface area contributed by atoms with Crippen LogP contribution in [0.5, 0.6) is 0 Å². The van der Waals surface area contributed by atoms with Crippen LogP contribution in [0.4, 0.5) is 0 Å². The summed E-state index contributed by atoms with van der Waals surface area (Å²) in [5.74, 6) is -0.525. The van der Waals surface area contributed by atoms with Crippen LogP contribution in [0, 0.1) is 0 Å². The standard InChI is InChI=1S/C73H141N2O7P/c1-7-10-13-16-19-22-25-27-29-31-33-34-35-36-37-38-39-40-42-43-45-47-50-53-56-59-62-65-72(76)74-70(69-81-83(78,79)80-68-67-75(4,5)6)71(64-61-58-55-52-49-24-21-18-15-12-9-3)82-73(77)66-63-60-57-54-51-48-46-44-41-32-30-28-26-23-20-17-14-11-8-2/h27-30,61,64,70-71H,7-26,31-60,62-63,65-69H2,1-6H3,(H-,74,76,78,79)/b29-27+,30-28+,64-61-. The van der Waals surface area contributed by atoms with E-state index in [2.05, 4.69) is 50.4 Å². The van der Waals surface area contributed by atoms with Gasteiger partial charge >= 0.3 is 5.97 Å². The molecule has 0 saturated carbocycles. The molecule has 0 saturated heterocycles. The highest BCUT2D eigenvalue weighted by Crippen LogP contribution is 2.38. The molecule has 1 N–H and O–H groups in total. The Labute approximate surface area is 516 Å². The molecule has 10 heteroatoms. The molecule has 3 atom stereocenters. The summed E-state index contributed by atoms with van der Waals surface area (Å²) in [6, 6.07) is -0.886. The SMILES string of the molecule is CCCCCCCC/C=C/CCCCCCCCCCCCCCCCCCCC(=O)NC(COP(=O)([O-])OCC[N+](C)(C)C)C(/C=C\CCCCCCCCCCC)OC(=O)CCCCCCCCCCC/C=C/CCCCCCCC. The van der Waals surface area contributed by atoms with Crippen molar-refractivity contribution in [1.82, 2.24) is 5.32 Å². The van der Waals surface area contributed by atoms with Gasteiger partial charge in [-0.2, -0.15) is 0 Å². The van der Waals surface area contributed by atoms with E-state index in [1.165, 1.54) is 276 Å². The van der Waals surface area contributed by atoms with E-state index in [9.17, 15) is 19.0 Å². The predicted molar refractivity (Wildman–Crippen MR) is 358 cm³/mol. The first-order valence-electron chi connectivity index (χ1n) is 36.3. The molecule has 0 spiro atoms. The van der Waals surface area contributed by atoms with Gasteiger partial charge in [0.2, 0.25) is 5.91 Å². The molecule has 0 rings (SSSR count). The number of esters is 1. The third-order valence-corrected chi connectivity index (χ3v) is 17.5. The zero-order valence-corrected chi connectivity index (χ0v) is 57.1. The fraction of sp³-hybridized carbons (Fsp3) is 0.890. The van der Waals surface area contributed by atoms with Gasteiger partial charge in [-0.15, -0.1) is 0 Å². The fourth-order valence-electron chi connectivity index (χ4n) is 10.9. The number of hydrogen-bond acceptors (Lipinski definition) is 7. The largest absolute Gasteiger partial charge is 0.756 e. The van der Waals surface area contributed by atoms with Crippen molar-refractivity contribution in [2.24, 2.45) is 0 Å². The first-order chi connectivity index (χ1) is 40.4. The molecule has 490 valence electrons. The number of phosphoric acid groups is 1. The minimum absolute atomic E-state index is 0.0198. The summed E-state index contributed by atoms with van der Waals surface area (Å²) >= 11 is 0. The molecule has 83 heavy (non-hydrogen) atoms. The van der Waals surface area contributed by atoms with Gasteiger partial charge in [-0.05, 0) is 83.1 Å². The molecule has 1 amide bonds. The van der Waals surface area contributed by atoms with E-state index in [0.717, 1.165) is 57.8 Å². The van der Waals surface area contributed by atoms with E-state index < -0.39 is 20.0 Å². The number of ether oxygens (including phenoxy) is 1. The van der Waals surface area contributed by atoms with Gasteiger partial charge in [0, 0.05) is 12.8 Å². The van der Waals surface area contributed by atoms with Crippen molar-refractivity contribution < 1.29 is 37.3 Å². The molecule has 0 aliphatic carbocycles. The van der Waals surface area contributed by atoms with Crippen molar-refractivity contribution in [1.29, 1.82) is 0 Å². The summed E-state index contributed by atoms with van der Waals surface area (Å²) in [5, 5.41) is 3.05. The second kappa shape index (κ2) is 63.3. The molecular weight excluding hydrogens is 1050 g/mol. The Morgan fingerprint density at radius 1 is 0.410 bits per heavy atom. The van der Waals surface area contributed by atoms with E-state index in [0.29, 0.717) is 17.4 Å². The Hall–Kier alpha value is -1.77. The number of allylic oxidation sites excluding steroid dienone is 5. The van der Waals surface area contributed by atoms with E-state index in [1.54, 1.807) is 0 Å². The van der Waals surface area contributed by atoms with Crippen LogP contribution in [0.1, 0.15) is 367 Å². The molecule has 0 aromatic heterocycles. The normalized spacial score (nSPS) is 13.7. The van der Waals surface area contributed by atoms with Crippen molar-refractivity contribution in [3.63, 3.8) is 0 Å². The molecule has 0 aliphatic heterocycles. The summed E-state index contributed by atoms with van der Waals surface area (Å²) in [6.07, 6.45) is 78.5. The van der Waals surface area contributed by atoms with Gasteiger partial charge < -0.3 is 28.5 Å². The summed E-state index contributed by atoms with van der Waals surface area (Å²) in [5.41, 5.74) is 0. The number of quaternary nitrogens is 1. The second-order valence-corrected chi connectivity index (χ2v) is 27.5. The number of hydrogen-bond donors (Lipinski definition) is 1. The van der Waals surface area contributed by atoms with Gasteiger partial charge in [0.25, 0.3) is 7.82 Å². The van der Waals surface area contributed by atoms with Crippen LogP contribution in [0.3, 0.4) is 0 Å². The van der Waals surface area contributed by atoms with Crippen molar-refractivity contribution in [2.45, 2.75) is 380 Å². The molecule has 0 aromatic carbocycles. The predicted octanol–water partition coefficient (Wildman–Crippen LogP) is 22.4. The Morgan fingerprint density at radius 2 is 0.699 bits per heavy atom. The number of unbranched alkanes of at least 4 members (excludes halogenated alkanes) is 47. The molecular formula is C73H141N2O7P. The number of likely N-dealkylation sites (N-methyl/N-ethyl adjacent to an activating group) is 1. The monoisotopic (exact) mass is 1190 g/mol. The van der Waals surface area contributed by atoms with Gasteiger partial charge in [-0.25, -0.2) is 0 Å². The lowest BCUT2D eigenvalue weighted by Gasteiger charge is -2.30. The van der Waals surface area contributed by atoms with Crippen LogP contribution in [-0.2, 0) is 27.9 Å². The van der Waals surface area contributed by atoms with Gasteiger partial charge in [-0.3, -0.25) is 14.2 Å². The molecule has 0 aromatic rings. The average Bonchev–Trinajstić information content (AvgIpc) is 3.51. The number of rotatable bonds is 67. The Morgan fingerprint density at radius 3 is 1.02 bits per heavy atom. The van der Waals surface area contributed by atoms with Crippen molar-refractivity contribution in [3.8, 4) is 0 Å². The maximum absolute atomic E-state index is 13.6. The molecule has 0 aliphatic rings. The van der Waals surface area contributed by atoms with Crippen LogP contribution in [0.25, 0.3) is 0 Å². The summed E-state index contributed by atoms with van der Waals surface area (Å²) in [6.45, 7) is 6.89. The number of amides is 1. The van der Waals surface area contributed by atoms with Crippen molar-refractivity contribution in [3.05, 3.63) is 36.5 Å². The van der Waals surface area contributed by atoms with Crippen molar-refractivity contribution >= 4 is 19.7 Å².